The zero-order chi connectivity index (χ0) is 12.5. The standard InChI is InChI=1S/C13H15N3O/c1-17-12-7-5-6-11(10-15)13(12)16-9-4-2-3-8-14/h5-7,16H,2-4,9H2,1H3. The molecule has 0 bridgehead atoms. The molecule has 1 aromatic carbocycles. The molecule has 0 atom stereocenters. The van der Waals surface area contributed by atoms with Gasteiger partial charge in [-0.3, -0.25) is 0 Å². The summed E-state index contributed by atoms with van der Waals surface area (Å²) in [4.78, 5) is 0. The van der Waals surface area contributed by atoms with Crippen molar-refractivity contribution in [1.29, 1.82) is 10.5 Å². The first kappa shape index (κ1) is 12.9. The summed E-state index contributed by atoms with van der Waals surface area (Å²) in [6.07, 6.45) is 2.33. The second-order valence-corrected chi connectivity index (χ2v) is 3.54. The molecule has 4 nitrogen and oxygen atoms in total. The van der Waals surface area contributed by atoms with E-state index in [1.54, 1.807) is 19.2 Å². The van der Waals surface area contributed by atoms with Crippen LogP contribution >= 0.6 is 0 Å². The summed E-state index contributed by atoms with van der Waals surface area (Å²) >= 11 is 0. The number of methoxy groups -OCH3 is 1. The van der Waals surface area contributed by atoms with Gasteiger partial charge >= 0.3 is 0 Å². The Hall–Kier alpha value is -2.20. The smallest absolute Gasteiger partial charge is 0.143 e. The van der Waals surface area contributed by atoms with E-state index in [2.05, 4.69) is 17.5 Å². The summed E-state index contributed by atoms with van der Waals surface area (Å²) in [7, 11) is 1.58. The van der Waals surface area contributed by atoms with Gasteiger partial charge in [-0.15, -0.1) is 0 Å². The van der Waals surface area contributed by atoms with Gasteiger partial charge in [-0.1, -0.05) is 6.07 Å². The number of rotatable bonds is 6. The predicted octanol–water partition coefficient (Wildman–Crippen LogP) is 2.67. The Morgan fingerprint density at radius 2 is 2.12 bits per heavy atom. The Morgan fingerprint density at radius 3 is 2.76 bits per heavy atom. The fourth-order valence-electron chi connectivity index (χ4n) is 1.52. The van der Waals surface area contributed by atoms with Crippen molar-refractivity contribution in [1.82, 2.24) is 0 Å². The zero-order valence-corrected chi connectivity index (χ0v) is 9.86. The van der Waals surface area contributed by atoms with E-state index < -0.39 is 0 Å². The van der Waals surface area contributed by atoms with Gasteiger partial charge in [0.05, 0.1) is 24.4 Å². The van der Waals surface area contributed by atoms with Crippen LogP contribution in [-0.4, -0.2) is 13.7 Å². The van der Waals surface area contributed by atoms with Crippen LogP contribution in [0.25, 0.3) is 0 Å². The van der Waals surface area contributed by atoms with E-state index >= 15 is 0 Å². The second-order valence-electron chi connectivity index (χ2n) is 3.54. The molecule has 0 spiro atoms. The lowest BCUT2D eigenvalue weighted by molar-refractivity contribution is 0.416. The Morgan fingerprint density at radius 1 is 1.29 bits per heavy atom. The highest BCUT2D eigenvalue weighted by molar-refractivity contribution is 5.66. The summed E-state index contributed by atoms with van der Waals surface area (Å²) in [5.74, 6) is 0.671. The minimum absolute atomic E-state index is 0.568. The van der Waals surface area contributed by atoms with E-state index in [1.165, 1.54) is 0 Å². The van der Waals surface area contributed by atoms with Crippen molar-refractivity contribution in [2.75, 3.05) is 19.0 Å². The van der Waals surface area contributed by atoms with E-state index in [1.807, 2.05) is 6.07 Å². The van der Waals surface area contributed by atoms with Gasteiger partial charge in [0.15, 0.2) is 0 Å². The average Bonchev–Trinajstić information content (AvgIpc) is 2.38. The molecule has 88 valence electrons. The van der Waals surface area contributed by atoms with Crippen LogP contribution in [0, 0.1) is 22.7 Å². The average molecular weight is 229 g/mol. The highest BCUT2D eigenvalue weighted by atomic mass is 16.5. The lowest BCUT2D eigenvalue weighted by atomic mass is 10.1. The van der Waals surface area contributed by atoms with E-state index in [0.29, 0.717) is 17.7 Å². The molecular formula is C13H15N3O. The third-order valence-corrected chi connectivity index (χ3v) is 2.38. The fourth-order valence-corrected chi connectivity index (χ4v) is 1.52. The molecule has 0 unspecified atom stereocenters. The first-order chi connectivity index (χ1) is 8.33. The Bertz CT molecular complexity index is 443. The number of nitrogens with one attached hydrogen (secondary N) is 1. The molecule has 0 heterocycles. The third-order valence-electron chi connectivity index (χ3n) is 2.38. The first-order valence-corrected chi connectivity index (χ1v) is 5.51. The summed E-state index contributed by atoms with van der Waals surface area (Å²) in [5, 5.41) is 20.6. The number of hydrogen-bond donors (Lipinski definition) is 1. The van der Waals surface area contributed by atoms with Gasteiger partial charge in [-0.25, -0.2) is 0 Å². The van der Waals surface area contributed by atoms with Crippen LogP contribution in [0.1, 0.15) is 24.8 Å². The van der Waals surface area contributed by atoms with E-state index in [4.69, 9.17) is 15.3 Å². The molecule has 1 N–H and O–H groups in total. The molecule has 0 fully saturated rings. The summed E-state index contributed by atoms with van der Waals surface area (Å²) in [5.41, 5.74) is 1.30. The van der Waals surface area contributed by atoms with Crippen molar-refractivity contribution in [3.05, 3.63) is 23.8 Å². The number of anilines is 1. The van der Waals surface area contributed by atoms with Crippen LogP contribution in [0.3, 0.4) is 0 Å². The largest absolute Gasteiger partial charge is 0.495 e. The monoisotopic (exact) mass is 229 g/mol. The molecule has 0 aromatic heterocycles. The maximum absolute atomic E-state index is 8.99. The number of ether oxygens (including phenoxy) is 1. The summed E-state index contributed by atoms with van der Waals surface area (Å²) in [6.45, 7) is 0.733. The SMILES string of the molecule is COc1cccc(C#N)c1NCCCCC#N. The highest BCUT2D eigenvalue weighted by Gasteiger charge is 2.07. The molecule has 17 heavy (non-hydrogen) atoms. The molecule has 4 heteroatoms. The van der Waals surface area contributed by atoms with Crippen molar-refractivity contribution < 1.29 is 4.74 Å². The van der Waals surface area contributed by atoms with Gasteiger partial charge in [-0.2, -0.15) is 10.5 Å². The maximum atomic E-state index is 8.99. The van der Waals surface area contributed by atoms with Crippen molar-refractivity contribution in [2.45, 2.75) is 19.3 Å². The van der Waals surface area contributed by atoms with E-state index in [9.17, 15) is 0 Å². The van der Waals surface area contributed by atoms with Crippen LogP contribution in [-0.2, 0) is 0 Å². The number of hydrogen-bond acceptors (Lipinski definition) is 4. The van der Waals surface area contributed by atoms with Gasteiger partial charge in [0.1, 0.15) is 11.8 Å². The van der Waals surface area contributed by atoms with Gasteiger partial charge in [0.2, 0.25) is 0 Å². The molecule has 0 aliphatic carbocycles. The van der Waals surface area contributed by atoms with Crippen molar-refractivity contribution in [3.8, 4) is 17.9 Å². The quantitative estimate of drug-likeness (QED) is 0.761. The maximum Gasteiger partial charge on any atom is 0.143 e. The van der Waals surface area contributed by atoms with Crippen LogP contribution in [0.2, 0.25) is 0 Å². The Balaban J connectivity index is 2.63. The molecule has 1 aromatic rings. The molecule has 0 saturated heterocycles. The molecule has 0 aliphatic heterocycles. The number of para-hydroxylation sites is 1. The van der Waals surface area contributed by atoms with E-state index in [0.717, 1.165) is 25.1 Å². The number of unbranched alkanes of at least 4 members (excludes halogenated alkanes) is 2. The summed E-state index contributed by atoms with van der Waals surface area (Å²) in [6, 6.07) is 9.59. The molecule has 0 amide bonds. The third kappa shape index (κ3) is 3.70. The topological polar surface area (TPSA) is 68.8 Å². The normalized spacial score (nSPS) is 9.12. The lowest BCUT2D eigenvalue weighted by Gasteiger charge is -2.12. The predicted molar refractivity (Wildman–Crippen MR) is 65.7 cm³/mol. The molecule has 0 radical (unpaired) electrons. The summed E-state index contributed by atoms with van der Waals surface area (Å²) < 4.78 is 5.20. The Kier molecular flexibility index (Phi) is 5.40. The van der Waals surface area contributed by atoms with Crippen molar-refractivity contribution in [2.24, 2.45) is 0 Å². The Labute approximate surface area is 101 Å². The van der Waals surface area contributed by atoms with Crippen molar-refractivity contribution in [3.63, 3.8) is 0 Å². The minimum atomic E-state index is 0.568. The number of nitrogens with zero attached hydrogens (tertiary/aromatic N) is 2. The second kappa shape index (κ2) is 7.14. The zero-order valence-electron chi connectivity index (χ0n) is 9.86. The van der Waals surface area contributed by atoms with Gasteiger partial charge in [0, 0.05) is 13.0 Å². The van der Waals surface area contributed by atoms with E-state index in [-0.39, 0.29) is 0 Å². The van der Waals surface area contributed by atoms with Crippen LogP contribution in [0.4, 0.5) is 5.69 Å². The lowest BCUT2D eigenvalue weighted by Crippen LogP contribution is -2.05. The molecule has 1 rings (SSSR count). The van der Waals surface area contributed by atoms with Crippen molar-refractivity contribution >= 4 is 5.69 Å². The molecule has 0 aliphatic rings. The molecule has 0 saturated carbocycles. The minimum Gasteiger partial charge on any atom is -0.495 e. The van der Waals surface area contributed by atoms with Crippen LogP contribution in [0.5, 0.6) is 5.75 Å². The molecular weight excluding hydrogens is 214 g/mol. The highest BCUT2D eigenvalue weighted by Crippen LogP contribution is 2.27. The number of nitriles is 2. The van der Waals surface area contributed by atoms with Gasteiger partial charge in [-0.05, 0) is 25.0 Å². The fraction of sp³-hybridized carbons (Fsp3) is 0.385. The number of benzene rings is 1. The van der Waals surface area contributed by atoms with Gasteiger partial charge < -0.3 is 10.1 Å². The van der Waals surface area contributed by atoms with Gasteiger partial charge in [0.25, 0.3) is 0 Å². The first-order valence-electron chi connectivity index (χ1n) is 5.51. The van der Waals surface area contributed by atoms with Crippen LogP contribution < -0.4 is 10.1 Å². The van der Waals surface area contributed by atoms with Crippen LogP contribution in [0.15, 0.2) is 18.2 Å².